The van der Waals surface area contributed by atoms with Crippen molar-refractivity contribution in [1.29, 1.82) is 0 Å². The van der Waals surface area contributed by atoms with E-state index in [1.165, 1.54) is 24.6 Å². The van der Waals surface area contributed by atoms with Gasteiger partial charge in [-0.15, -0.1) is 0 Å². The molecule has 5 rings (SSSR count). The Morgan fingerprint density at radius 3 is 2.54 bits per heavy atom. The molecule has 7 nitrogen and oxygen atoms in total. The predicted octanol–water partition coefficient (Wildman–Crippen LogP) is 5.37. The van der Waals surface area contributed by atoms with E-state index in [-0.39, 0.29) is 24.8 Å². The smallest absolute Gasteiger partial charge is 0.303 e. The van der Waals surface area contributed by atoms with Crippen LogP contribution in [-0.2, 0) is 16.0 Å². The number of thioether (sulfide) groups is 1. The number of methoxy groups -OCH3 is 2. The summed E-state index contributed by atoms with van der Waals surface area (Å²) in [5, 5.41) is 9.23. The lowest BCUT2D eigenvalue weighted by molar-refractivity contribution is -0.137. The zero-order valence-corrected chi connectivity index (χ0v) is 21.2. The molecule has 9 heteroatoms. The van der Waals surface area contributed by atoms with Crippen molar-refractivity contribution in [2.45, 2.75) is 44.6 Å². The molecule has 2 saturated carbocycles. The SMILES string of the molecule is COc1cc(OC)cc(-c2cc(CCC(=O)O)c(/C=C3\SC(=S)N(C4CC5CCC4C5)C3=O)o2)c1. The number of amides is 1. The van der Waals surface area contributed by atoms with Gasteiger partial charge >= 0.3 is 5.97 Å². The first-order valence-electron chi connectivity index (χ1n) is 11.7. The van der Waals surface area contributed by atoms with Gasteiger partial charge in [-0.2, -0.15) is 0 Å². The molecule has 3 unspecified atom stereocenters. The molecule has 2 aliphatic carbocycles. The number of carbonyl (C=O) groups excluding carboxylic acids is 1. The molecule has 1 saturated heterocycles. The molecule has 1 N–H and O–H groups in total. The molecule has 3 atom stereocenters. The first-order valence-corrected chi connectivity index (χ1v) is 12.9. The van der Waals surface area contributed by atoms with Crippen LogP contribution in [0.2, 0.25) is 0 Å². The fourth-order valence-corrected chi connectivity index (χ4v) is 6.85. The maximum Gasteiger partial charge on any atom is 0.303 e. The summed E-state index contributed by atoms with van der Waals surface area (Å²) < 4.78 is 17.5. The van der Waals surface area contributed by atoms with Crippen molar-refractivity contribution in [3.63, 3.8) is 0 Å². The van der Waals surface area contributed by atoms with Gasteiger partial charge in [0.25, 0.3) is 5.91 Å². The van der Waals surface area contributed by atoms with Crippen LogP contribution in [0.1, 0.15) is 43.4 Å². The first kappa shape index (κ1) is 23.9. The summed E-state index contributed by atoms with van der Waals surface area (Å²) in [6.45, 7) is 0. The molecular weight excluding hydrogens is 486 g/mol. The van der Waals surface area contributed by atoms with E-state index < -0.39 is 5.97 Å². The van der Waals surface area contributed by atoms with Gasteiger partial charge in [-0.25, -0.2) is 0 Å². The molecule has 1 aromatic heterocycles. The van der Waals surface area contributed by atoms with E-state index in [4.69, 9.17) is 26.1 Å². The highest BCUT2D eigenvalue weighted by Crippen LogP contribution is 2.49. The van der Waals surface area contributed by atoms with Crippen LogP contribution in [0.3, 0.4) is 0 Å². The van der Waals surface area contributed by atoms with Crippen LogP contribution >= 0.6 is 24.0 Å². The van der Waals surface area contributed by atoms with Crippen LogP contribution in [0.15, 0.2) is 33.6 Å². The number of hydrogen-bond acceptors (Lipinski definition) is 7. The number of hydrogen-bond donors (Lipinski definition) is 1. The molecule has 1 aromatic carbocycles. The second-order valence-electron chi connectivity index (χ2n) is 9.29. The Bertz CT molecular complexity index is 1200. The van der Waals surface area contributed by atoms with Crippen molar-refractivity contribution in [3.8, 4) is 22.8 Å². The molecule has 0 radical (unpaired) electrons. The number of aliphatic carboxylic acids is 1. The van der Waals surface area contributed by atoms with E-state index in [1.807, 2.05) is 23.1 Å². The Hall–Kier alpha value is -2.78. The molecule has 1 aliphatic heterocycles. The van der Waals surface area contributed by atoms with E-state index in [0.717, 1.165) is 24.0 Å². The Labute approximate surface area is 213 Å². The van der Waals surface area contributed by atoms with Gasteiger partial charge < -0.3 is 19.0 Å². The molecule has 0 spiro atoms. The fraction of sp³-hybridized carbons (Fsp3) is 0.423. The number of aryl methyl sites for hydroxylation is 1. The van der Waals surface area contributed by atoms with E-state index in [1.54, 1.807) is 26.4 Å². The average Bonchev–Trinajstić information content (AvgIpc) is 3.62. The first-order chi connectivity index (χ1) is 16.9. The fourth-order valence-electron chi connectivity index (χ4n) is 5.51. The summed E-state index contributed by atoms with van der Waals surface area (Å²) in [5.41, 5.74) is 1.45. The van der Waals surface area contributed by atoms with Crippen molar-refractivity contribution < 1.29 is 28.6 Å². The highest BCUT2D eigenvalue weighted by Gasteiger charge is 2.48. The number of carboxylic acids is 1. The lowest BCUT2D eigenvalue weighted by atomic mass is 9.94. The summed E-state index contributed by atoms with van der Waals surface area (Å²) >= 11 is 6.90. The van der Waals surface area contributed by atoms with Gasteiger partial charge in [-0.3, -0.25) is 14.5 Å². The number of carbonyl (C=O) groups is 2. The van der Waals surface area contributed by atoms with E-state index in [9.17, 15) is 14.7 Å². The summed E-state index contributed by atoms with van der Waals surface area (Å²) in [4.78, 5) is 27.0. The lowest BCUT2D eigenvalue weighted by Gasteiger charge is -2.30. The quantitative estimate of drug-likeness (QED) is 0.372. The molecular formula is C26H27NO6S2. The third-order valence-corrected chi connectivity index (χ3v) is 8.53. The Morgan fingerprint density at radius 1 is 1.20 bits per heavy atom. The van der Waals surface area contributed by atoms with Crippen LogP contribution in [0.4, 0.5) is 0 Å². The van der Waals surface area contributed by atoms with Crippen molar-refractivity contribution >= 4 is 46.3 Å². The molecule has 2 aromatic rings. The Balaban J connectivity index is 1.48. The third-order valence-electron chi connectivity index (χ3n) is 7.20. The summed E-state index contributed by atoms with van der Waals surface area (Å²) in [6, 6.07) is 7.41. The largest absolute Gasteiger partial charge is 0.497 e. The number of ether oxygens (including phenoxy) is 2. The molecule has 1 amide bonds. The highest BCUT2D eigenvalue weighted by atomic mass is 32.2. The minimum absolute atomic E-state index is 0.0483. The van der Waals surface area contributed by atoms with Gasteiger partial charge in [-0.1, -0.05) is 30.4 Å². The van der Waals surface area contributed by atoms with E-state index in [0.29, 0.717) is 44.1 Å². The normalized spacial score (nSPS) is 24.6. The highest BCUT2D eigenvalue weighted by molar-refractivity contribution is 8.26. The number of carboxylic acid groups (broad SMARTS) is 1. The number of thiocarbonyl (C=S) groups is 1. The monoisotopic (exact) mass is 513 g/mol. The number of benzene rings is 1. The Kier molecular flexibility index (Phi) is 6.63. The van der Waals surface area contributed by atoms with Gasteiger partial charge in [0.05, 0.1) is 19.1 Å². The van der Waals surface area contributed by atoms with Gasteiger partial charge in [-0.05, 0) is 61.3 Å². The molecule has 184 valence electrons. The summed E-state index contributed by atoms with van der Waals surface area (Å²) in [7, 11) is 3.14. The van der Waals surface area contributed by atoms with Crippen LogP contribution in [0, 0.1) is 11.8 Å². The Morgan fingerprint density at radius 2 is 1.94 bits per heavy atom. The number of fused-ring (bicyclic) bond motifs is 2. The summed E-state index contributed by atoms with van der Waals surface area (Å²) in [6.07, 6.45) is 6.57. The predicted molar refractivity (Wildman–Crippen MR) is 137 cm³/mol. The second-order valence-corrected chi connectivity index (χ2v) is 11.0. The maximum absolute atomic E-state index is 13.4. The standard InChI is InChI=1S/C26H27NO6S2/c1-31-18-9-17(10-19(12-18)32-2)21-11-16(5-6-24(28)29)22(33-21)13-23-25(30)27(26(34)35-23)20-8-14-3-4-15(20)7-14/h9-15,20H,3-8H2,1-2H3,(H,28,29)/b23-13-. The maximum atomic E-state index is 13.4. The van der Waals surface area contributed by atoms with Crippen molar-refractivity contribution in [1.82, 2.24) is 4.90 Å². The molecule has 2 heterocycles. The van der Waals surface area contributed by atoms with Crippen molar-refractivity contribution in [2.75, 3.05) is 14.2 Å². The third kappa shape index (κ3) is 4.71. The van der Waals surface area contributed by atoms with Gasteiger partial charge in [0.1, 0.15) is 27.3 Å². The average molecular weight is 514 g/mol. The van der Waals surface area contributed by atoms with Crippen LogP contribution in [0.25, 0.3) is 17.4 Å². The van der Waals surface area contributed by atoms with Crippen molar-refractivity contribution in [2.24, 2.45) is 11.8 Å². The topological polar surface area (TPSA) is 89.2 Å². The van der Waals surface area contributed by atoms with E-state index in [2.05, 4.69) is 0 Å². The minimum Gasteiger partial charge on any atom is -0.497 e. The molecule has 3 fully saturated rings. The van der Waals surface area contributed by atoms with Gasteiger partial charge in [0.15, 0.2) is 0 Å². The zero-order chi connectivity index (χ0) is 24.7. The van der Waals surface area contributed by atoms with Crippen molar-refractivity contribution in [3.05, 3.63) is 40.5 Å². The second kappa shape index (κ2) is 9.70. The molecule has 3 aliphatic rings. The van der Waals surface area contributed by atoms with Crippen LogP contribution in [0.5, 0.6) is 11.5 Å². The van der Waals surface area contributed by atoms with Gasteiger partial charge in [0.2, 0.25) is 0 Å². The lowest BCUT2D eigenvalue weighted by Crippen LogP contribution is -2.41. The van der Waals surface area contributed by atoms with Crippen LogP contribution in [-0.4, -0.2) is 46.5 Å². The zero-order valence-electron chi connectivity index (χ0n) is 19.6. The van der Waals surface area contributed by atoms with Crippen LogP contribution < -0.4 is 9.47 Å². The number of rotatable bonds is 8. The molecule has 2 bridgehead atoms. The molecule has 35 heavy (non-hydrogen) atoms. The minimum atomic E-state index is -0.899. The van der Waals surface area contributed by atoms with E-state index >= 15 is 0 Å². The number of furan rings is 1. The van der Waals surface area contributed by atoms with Gasteiger partial charge in [0, 0.05) is 30.2 Å². The summed E-state index contributed by atoms with van der Waals surface area (Å²) in [5.74, 6) is 2.48. The number of nitrogens with zero attached hydrogens (tertiary/aromatic N) is 1.